The fourth-order valence-corrected chi connectivity index (χ4v) is 7.73. The Balaban J connectivity index is 1.67. The summed E-state index contributed by atoms with van der Waals surface area (Å²) in [6, 6.07) is 11.4. The van der Waals surface area contributed by atoms with Crippen LogP contribution in [0.3, 0.4) is 0 Å². The maximum absolute atomic E-state index is 13.5. The minimum Gasteiger partial charge on any atom is -0.489 e. The fraction of sp³-hybridized carbons (Fsp3) is 0.581. The predicted octanol–water partition coefficient (Wildman–Crippen LogP) is 4.09. The zero-order valence-corrected chi connectivity index (χ0v) is 25.8. The molecule has 0 aromatic heterocycles. The molecule has 3 aliphatic heterocycles. The topological polar surface area (TPSA) is 126 Å². The number of aliphatic imine (C=N–C) groups is 1. The minimum absolute atomic E-state index is 0.0438. The summed E-state index contributed by atoms with van der Waals surface area (Å²) >= 11 is 0. The number of ether oxygens (including phenoxy) is 1. The molecule has 0 spiro atoms. The first-order valence-corrected chi connectivity index (χ1v) is 16.5. The Morgan fingerprint density at radius 2 is 1.73 bits per heavy atom. The third-order valence-electron chi connectivity index (χ3n) is 8.63. The van der Waals surface area contributed by atoms with Gasteiger partial charge in [-0.3, -0.25) is 15.6 Å². The lowest BCUT2D eigenvalue weighted by molar-refractivity contribution is 0.242. The molecule has 3 heterocycles. The van der Waals surface area contributed by atoms with Gasteiger partial charge in [0, 0.05) is 6.54 Å². The molecule has 0 saturated carbocycles. The first kappa shape index (κ1) is 29.8. The SMILES string of the molecule is Cc1cc(N2C3=NCCCC3C(N)N(c3ccccc3S(=O)(=O)C(C)C)C2N)c(OC(C)C)cc1C1CCNCC1. The van der Waals surface area contributed by atoms with Crippen molar-refractivity contribution in [1.29, 1.82) is 0 Å². The maximum atomic E-state index is 13.5. The molecule has 5 N–H and O–H groups in total. The van der Waals surface area contributed by atoms with Crippen molar-refractivity contribution >= 4 is 27.0 Å². The van der Waals surface area contributed by atoms with E-state index >= 15 is 0 Å². The summed E-state index contributed by atoms with van der Waals surface area (Å²) in [5.74, 6) is 1.96. The Morgan fingerprint density at radius 1 is 1.02 bits per heavy atom. The molecule has 224 valence electrons. The second kappa shape index (κ2) is 11.9. The number of piperidine rings is 1. The fourth-order valence-electron chi connectivity index (χ4n) is 6.49. The average Bonchev–Trinajstić information content (AvgIpc) is 2.95. The number of sulfone groups is 1. The zero-order chi connectivity index (χ0) is 29.5. The van der Waals surface area contributed by atoms with Crippen molar-refractivity contribution in [2.24, 2.45) is 22.4 Å². The van der Waals surface area contributed by atoms with Crippen molar-refractivity contribution in [3.05, 3.63) is 47.5 Å². The van der Waals surface area contributed by atoms with E-state index in [1.54, 1.807) is 26.0 Å². The van der Waals surface area contributed by atoms with Gasteiger partial charge in [0.1, 0.15) is 11.6 Å². The molecule has 5 rings (SSSR count). The summed E-state index contributed by atoms with van der Waals surface area (Å²) in [6.07, 6.45) is 2.55. The number of para-hydroxylation sites is 1. The highest BCUT2D eigenvalue weighted by Crippen LogP contribution is 2.43. The van der Waals surface area contributed by atoms with Gasteiger partial charge in [0.15, 0.2) is 16.1 Å². The number of nitrogens with two attached hydrogens (primary N) is 2. The molecule has 3 aliphatic rings. The Morgan fingerprint density at radius 3 is 2.41 bits per heavy atom. The molecule has 41 heavy (non-hydrogen) atoms. The molecule has 0 radical (unpaired) electrons. The summed E-state index contributed by atoms with van der Waals surface area (Å²) in [5, 5.41) is 2.88. The molecular formula is C31H46N6O3S. The van der Waals surface area contributed by atoms with E-state index in [1.165, 1.54) is 11.1 Å². The molecule has 3 unspecified atom stereocenters. The summed E-state index contributed by atoms with van der Waals surface area (Å²) in [6.45, 7) is 12.3. The summed E-state index contributed by atoms with van der Waals surface area (Å²) in [7, 11) is -3.60. The number of hydrogen-bond acceptors (Lipinski definition) is 9. The Kier molecular flexibility index (Phi) is 8.66. The van der Waals surface area contributed by atoms with E-state index in [0.29, 0.717) is 18.2 Å². The third-order valence-corrected chi connectivity index (χ3v) is 10.8. The lowest BCUT2D eigenvalue weighted by Crippen LogP contribution is -2.71. The van der Waals surface area contributed by atoms with Crippen molar-refractivity contribution in [2.45, 2.75) is 94.9 Å². The van der Waals surface area contributed by atoms with Crippen LogP contribution in [0.25, 0.3) is 0 Å². The number of nitrogens with one attached hydrogen (secondary N) is 1. The molecule has 10 heteroatoms. The van der Waals surface area contributed by atoms with Gasteiger partial charge in [-0.15, -0.1) is 0 Å². The van der Waals surface area contributed by atoms with Crippen molar-refractivity contribution in [2.75, 3.05) is 29.4 Å². The van der Waals surface area contributed by atoms with Crippen LogP contribution in [-0.2, 0) is 9.84 Å². The molecule has 2 aromatic rings. The van der Waals surface area contributed by atoms with Gasteiger partial charge in [-0.25, -0.2) is 8.42 Å². The molecule has 2 fully saturated rings. The van der Waals surface area contributed by atoms with Gasteiger partial charge in [0.05, 0.1) is 39.7 Å². The number of fused-ring (bicyclic) bond motifs is 1. The van der Waals surface area contributed by atoms with Gasteiger partial charge in [0.2, 0.25) is 0 Å². The van der Waals surface area contributed by atoms with Crippen LogP contribution in [0.4, 0.5) is 11.4 Å². The van der Waals surface area contributed by atoms with Crippen LogP contribution in [0.15, 0.2) is 46.3 Å². The lowest BCUT2D eigenvalue weighted by Gasteiger charge is -2.53. The van der Waals surface area contributed by atoms with E-state index in [2.05, 4.69) is 24.4 Å². The quantitative estimate of drug-likeness (QED) is 0.446. The van der Waals surface area contributed by atoms with Crippen molar-refractivity contribution in [3.63, 3.8) is 0 Å². The third kappa shape index (κ3) is 5.59. The lowest BCUT2D eigenvalue weighted by atomic mass is 9.86. The van der Waals surface area contributed by atoms with Crippen molar-refractivity contribution < 1.29 is 13.2 Å². The number of rotatable bonds is 7. The van der Waals surface area contributed by atoms with E-state index in [1.807, 2.05) is 35.8 Å². The maximum Gasteiger partial charge on any atom is 0.182 e. The first-order valence-electron chi connectivity index (χ1n) is 15.0. The molecule has 2 saturated heterocycles. The highest BCUT2D eigenvalue weighted by Gasteiger charge is 2.46. The molecule has 0 amide bonds. The molecule has 2 aromatic carbocycles. The smallest absolute Gasteiger partial charge is 0.182 e. The van der Waals surface area contributed by atoms with Crippen LogP contribution in [0.2, 0.25) is 0 Å². The second-order valence-electron chi connectivity index (χ2n) is 12.1. The Hall–Kier alpha value is -2.66. The number of amidine groups is 1. The van der Waals surface area contributed by atoms with E-state index in [9.17, 15) is 8.42 Å². The largest absolute Gasteiger partial charge is 0.489 e. The molecule has 3 atom stereocenters. The first-order chi connectivity index (χ1) is 19.5. The molecule has 9 nitrogen and oxygen atoms in total. The Bertz CT molecular complexity index is 1390. The number of nitrogens with zero attached hydrogens (tertiary/aromatic N) is 3. The van der Waals surface area contributed by atoms with Gasteiger partial charge in [0.25, 0.3) is 0 Å². The van der Waals surface area contributed by atoms with E-state index in [4.69, 9.17) is 21.2 Å². The van der Waals surface area contributed by atoms with Crippen LogP contribution >= 0.6 is 0 Å². The summed E-state index contributed by atoms with van der Waals surface area (Å²) < 4.78 is 33.4. The zero-order valence-electron chi connectivity index (χ0n) is 25.0. The predicted molar refractivity (Wildman–Crippen MR) is 166 cm³/mol. The van der Waals surface area contributed by atoms with Crippen LogP contribution in [0.5, 0.6) is 5.75 Å². The summed E-state index contributed by atoms with van der Waals surface area (Å²) in [4.78, 5) is 9.14. The second-order valence-corrected chi connectivity index (χ2v) is 14.6. The number of benzene rings is 2. The van der Waals surface area contributed by atoms with Crippen LogP contribution in [0.1, 0.15) is 70.4 Å². The van der Waals surface area contributed by atoms with E-state index in [-0.39, 0.29) is 16.9 Å². The van der Waals surface area contributed by atoms with E-state index < -0.39 is 27.5 Å². The highest BCUT2D eigenvalue weighted by atomic mass is 32.2. The van der Waals surface area contributed by atoms with Gasteiger partial charge >= 0.3 is 0 Å². The number of aryl methyl sites for hydroxylation is 1. The Labute approximate surface area is 245 Å². The highest BCUT2D eigenvalue weighted by molar-refractivity contribution is 7.92. The normalized spacial score (nSPS) is 24.0. The molecular weight excluding hydrogens is 536 g/mol. The summed E-state index contributed by atoms with van der Waals surface area (Å²) in [5.41, 5.74) is 18.0. The molecule has 0 aliphatic carbocycles. The minimum atomic E-state index is -3.60. The monoisotopic (exact) mass is 582 g/mol. The van der Waals surface area contributed by atoms with Crippen LogP contribution in [0, 0.1) is 12.8 Å². The van der Waals surface area contributed by atoms with Crippen LogP contribution < -0.4 is 31.3 Å². The number of anilines is 2. The van der Waals surface area contributed by atoms with Gasteiger partial charge in [-0.05, 0) is 115 Å². The van der Waals surface area contributed by atoms with Gasteiger partial charge in [-0.1, -0.05) is 12.1 Å². The molecule has 0 bridgehead atoms. The number of hydrogen-bond donors (Lipinski definition) is 3. The van der Waals surface area contributed by atoms with Gasteiger partial charge < -0.3 is 20.7 Å². The van der Waals surface area contributed by atoms with Crippen LogP contribution in [-0.4, -0.2) is 57.7 Å². The average molecular weight is 583 g/mol. The van der Waals surface area contributed by atoms with E-state index in [0.717, 1.165) is 56.0 Å². The van der Waals surface area contributed by atoms with Crippen molar-refractivity contribution in [3.8, 4) is 5.75 Å². The van der Waals surface area contributed by atoms with Gasteiger partial charge in [-0.2, -0.15) is 0 Å². The van der Waals surface area contributed by atoms with Crippen molar-refractivity contribution in [1.82, 2.24) is 5.32 Å². The standard InChI is InChI=1S/C31H46N6O3S/c1-19(2)40-27-18-24(22-12-15-34-16-13-22)21(5)17-26(27)37-30-23(9-8-14-35-30)29(32)36(31(37)33)25-10-6-7-11-28(25)41(38,39)20(3)4/h6-7,10-11,17-20,22-23,29,31,34H,8-9,12-16,32-33H2,1-5H3.